The smallest absolute Gasteiger partial charge is 0.419 e. The predicted molar refractivity (Wildman–Crippen MR) is 121 cm³/mol. The molecule has 2 aromatic rings. The minimum Gasteiger partial charge on any atom is -0.444 e. The molecule has 0 atom stereocenters. The molecule has 1 saturated heterocycles. The van der Waals surface area contributed by atoms with E-state index in [1.165, 1.54) is 4.57 Å². The molecule has 0 aromatic carbocycles. The Hall–Kier alpha value is -2.77. The Morgan fingerprint density at radius 1 is 1.06 bits per heavy atom. The number of ether oxygens (including phenoxy) is 2. The standard InChI is InChI=1S/C23H34N4O4/c1-14(2)16-13-27(21(29)31-23(6,7)8)17-9-10-18(25-19(16)17)26-11-15(12-26)24-20(28)30-22(3,4)5/h9-10,13-15H,11-12H2,1-8H3,(H,24,28). The Bertz CT molecular complexity index is 976. The zero-order valence-corrected chi connectivity index (χ0v) is 19.8. The van der Waals surface area contributed by atoms with Crippen molar-refractivity contribution in [2.24, 2.45) is 0 Å². The summed E-state index contributed by atoms with van der Waals surface area (Å²) in [5.74, 6) is 1.02. The van der Waals surface area contributed by atoms with Crippen molar-refractivity contribution >= 4 is 29.0 Å². The Balaban J connectivity index is 1.77. The lowest BCUT2D eigenvalue weighted by Gasteiger charge is -2.40. The fraction of sp³-hybridized carbons (Fsp3) is 0.609. The monoisotopic (exact) mass is 430 g/mol. The number of fused-ring (bicyclic) bond motifs is 1. The van der Waals surface area contributed by atoms with Gasteiger partial charge < -0.3 is 19.7 Å². The molecular weight excluding hydrogens is 396 g/mol. The maximum atomic E-state index is 12.7. The second-order valence-corrected chi connectivity index (χ2v) is 10.4. The number of pyridine rings is 1. The van der Waals surface area contributed by atoms with Crippen molar-refractivity contribution in [2.75, 3.05) is 18.0 Å². The van der Waals surface area contributed by atoms with Gasteiger partial charge >= 0.3 is 12.2 Å². The molecule has 3 rings (SSSR count). The highest BCUT2D eigenvalue weighted by Gasteiger charge is 2.31. The van der Waals surface area contributed by atoms with Crippen molar-refractivity contribution < 1.29 is 19.1 Å². The van der Waals surface area contributed by atoms with Crippen molar-refractivity contribution in [1.29, 1.82) is 0 Å². The van der Waals surface area contributed by atoms with Crippen LogP contribution >= 0.6 is 0 Å². The molecule has 1 aliphatic heterocycles. The quantitative estimate of drug-likeness (QED) is 0.762. The normalized spacial score (nSPS) is 15.2. The van der Waals surface area contributed by atoms with Gasteiger partial charge in [-0.15, -0.1) is 0 Å². The Morgan fingerprint density at radius 2 is 1.68 bits per heavy atom. The van der Waals surface area contributed by atoms with E-state index in [0.29, 0.717) is 13.1 Å². The van der Waals surface area contributed by atoms with Gasteiger partial charge in [0.25, 0.3) is 0 Å². The fourth-order valence-electron chi connectivity index (χ4n) is 3.41. The van der Waals surface area contributed by atoms with Crippen molar-refractivity contribution in [3.8, 4) is 0 Å². The van der Waals surface area contributed by atoms with Gasteiger partial charge in [-0.2, -0.15) is 0 Å². The molecule has 0 spiro atoms. The number of hydrogen-bond acceptors (Lipinski definition) is 6. The molecule has 170 valence electrons. The van der Waals surface area contributed by atoms with Crippen LogP contribution in [0.15, 0.2) is 18.3 Å². The maximum Gasteiger partial charge on any atom is 0.419 e. The molecule has 0 saturated carbocycles. The summed E-state index contributed by atoms with van der Waals surface area (Å²) >= 11 is 0. The number of carbonyl (C=O) groups excluding carboxylic acids is 2. The van der Waals surface area contributed by atoms with Gasteiger partial charge in [0.2, 0.25) is 0 Å². The topological polar surface area (TPSA) is 85.7 Å². The maximum absolute atomic E-state index is 12.7. The fourth-order valence-corrected chi connectivity index (χ4v) is 3.41. The third kappa shape index (κ3) is 5.48. The van der Waals surface area contributed by atoms with Crippen LogP contribution in [0.1, 0.15) is 66.9 Å². The Morgan fingerprint density at radius 3 is 2.23 bits per heavy atom. The van der Waals surface area contributed by atoms with Gasteiger partial charge in [0.05, 0.1) is 17.1 Å². The average Bonchev–Trinajstić information content (AvgIpc) is 2.93. The van der Waals surface area contributed by atoms with Crippen LogP contribution in [-0.2, 0) is 9.47 Å². The van der Waals surface area contributed by atoms with E-state index in [-0.39, 0.29) is 12.0 Å². The highest BCUT2D eigenvalue weighted by atomic mass is 16.6. The molecule has 2 aromatic heterocycles. The molecule has 3 heterocycles. The van der Waals surface area contributed by atoms with Gasteiger partial charge in [0.1, 0.15) is 17.0 Å². The summed E-state index contributed by atoms with van der Waals surface area (Å²) in [5, 5.41) is 2.88. The number of nitrogens with zero attached hydrogens (tertiary/aromatic N) is 3. The number of hydrogen-bond donors (Lipinski definition) is 1. The van der Waals surface area contributed by atoms with E-state index in [1.807, 2.05) is 59.9 Å². The zero-order chi connectivity index (χ0) is 23.1. The molecule has 0 aliphatic carbocycles. The highest BCUT2D eigenvalue weighted by molar-refractivity contribution is 5.91. The van der Waals surface area contributed by atoms with E-state index in [4.69, 9.17) is 14.5 Å². The SMILES string of the molecule is CC(C)c1cn(C(=O)OC(C)(C)C)c2ccc(N3CC(NC(=O)OC(C)(C)C)C3)nc12. The third-order valence-corrected chi connectivity index (χ3v) is 4.80. The van der Waals surface area contributed by atoms with Gasteiger partial charge in [-0.1, -0.05) is 13.8 Å². The van der Waals surface area contributed by atoms with Crippen LogP contribution in [-0.4, -0.2) is 52.1 Å². The largest absolute Gasteiger partial charge is 0.444 e. The van der Waals surface area contributed by atoms with Crippen LogP contribution in [0, 0.1) is 0 Å². The van der Waals surface area contributed by atoms with E-state index in [0.717, 1.165) is 22.4 Å². The first-order chi connectivity index (χ1) is 14.2. The molecule has 0 bridgehead atoms. The van der Waals surface area contributed by atoms with Gasteiger partial charge in [-0.3, -0.25) is 4.57 Å². The number of alkyl carbamates (subject to hydrolysis) is 1. The van der Waals surface area contributed by atoms with Crippen LogP contribution in [0.2, 0.25) is 0 Å². The Kier molecular flexibility index (Phi) is 5.95. The van der Waals surface area contributed by atoms with Crippen LogP contribution in [0.25, 0.3) is 11.0 Å². The minimum atomic E-state index is -0.577. The Labute approximate surface area is 183 Å². The summed E-state index contributed by atoms with van der Waals surface area (Å²) in [6.07, 6.45) is 1.00. The number of carbonyl (C=O) groups is 2. The molecule has 1 amide bonds. The first-order valence-electron chi connectivity index (χ1n) is 10.7. The summed E-state index contributed by atoms with van der Waals surface area (Å²) in [4.78, 5) is 31.6. The average molecular weight is 431 g/mol. The molecular formula is C23H34N4O4. The van der Waals surface area contributed by atoms with Gasteiger partial charge in [0.15, 0.2) is 0 Å². The summed E-state index contributed by atoms with van der Waals surface area (Å²) in [6, 6.07) is 3.82. The number of nitrogens with one attached hydrogen (secondary N) is 1. The summed E-state index contributed by atoms with van der Waals surface area (Å²) in [7, 11) is 0. The minimum absolute atomic E-state index is 0.0169. The zero-order valence-electron chi connectivity index (χ0n) is 19.8. The summed E-state index contributed by atoms with van der Waals surface area (Å²) < 4.78 is 12.4. The molecule has 1 N–H and O–H groups in total. The van der Waals surface area contributed by atoms with Crippen LogP contribution < -0.4 is 10.2 Å². The van der Waals surface area contributed by atoms with Crippen LogP contribution in [0.3, 0.4) is 0 Å². The molecule has 0 radical (unpaired) electrons. The van der Waals surface area contributed by atoms with Crippen molar-refractivity contribution in [3.63, 3.8) is 0 Å². The molecule has 31 heavy (non-hydrogen) atoms. The van der Waals surface area contributed by atoms with Crippen molar-refractivity contribution in [2.45, 2.75) is 78.6 Å². The molecule has 8 nitrogen and oxygen atoms in total. The lowest BCUT2D eigenvalue weighted by molar-refractivity contribution is 0.0493. The summed E-state index contributed by atoms with van der Waals surface area (Å²) in [6.45, 7) is 16.5. The highest BCUT2D eigenvalue weighted by Crippen LogP contribution is 2.30. The van der Waals surface area contributed by atoms with E-state index in [1.54, 1.807) is 0 Å². The number of amides is 1. The first-order valence-corrected chi connectivity index (χ1v) is 10.7. The number of rotatable bonds is 3. The molecule has 1 fully saturated rings. The van der Waals surface area contributed by atoms with Crippen molar-refractivity contribution in [3.05, 3.63) is 23.9 Å². The van der Waals surface area contributed by atoms with E-state index >= 15 is 0 Å². The van der Waals surface area contributed by atoms with Gasteiger partial charge in [-0.25, -0.2) is 14.6 Å². The second-order valence-electron chi connectivity index (χ2n) is 10.4. The van der Waals surface area contributed by atoms with E-state index in [2.05, 4.69) is 24.1 Å². The van der Waals surface area contributed by atoms with Gasteiger partial charge in [0, 0.05) is 19.3 Å². The number of aromatic nitrogens is 2. The molecule has 1 aliphatic rings. The lowest BCUT2D eigenvalue weighted by atomic mass is 10.1. The number of anilines is 1. The molecule has 8 heteroatoms. The summed E-state index contributed by atoms with van der Waals surface area (Å²) in [5.41, 5.74) is 1.42. The van der Waals surface area contributed by atoms with Crippen LogP contribution in [0.5, 0.6) is 0 Å². The second kappa shape index (κ2) is 8.05. The predicted octanol–water partition coefficient (Wildman–Crippen LogP) is 4.66. The van der Waals surface area contributed by atoms with Crippen molar-refractivity contribution in [1.82, 2.24) is 14.9 Å². The van der Waals surface area contributed by atoms with Crippen LogP contribution in [0.4, 0.5) is 15.4 Å². The molecule has 0 unspecified atom stereocenters. The van der Waals surface area contributed by atoms with E-state index in [9.17, 15) is 9.59 Å². The van der Waals surface area contributed by atoms with E-state index < -0.39 is 23.4 Å². The van der Waals surface area contributed by atoms with Gasteiger partial charge in [-0.05, 0) is 65.2 Å². The lowest BCUT2D eigenvalue weighted by Crippen LogP contribution is -2.60. The third-order valence-electron chi connectivity index (χ3n) is 4.80. The first kappa shape index (κ1) is 22.9.